The van der Waals surface area contributed by atoms with Crippen molar-refractivity contribution in [2.75, 3.05) is 25.1 Å². The van der Waals surface area contributed by atoms with Crippen LogP contribution in [-0.4, -0.2) is 50.5 Å². The van der Waals surface area contributed by atoms with Gasteiger partial charge in [0, 0.05) is 29.7 Å². The van der Waals surface area contributed by atoms with Crippen LogP contribution in [0.3, 0.4) is 0 Å². The quantitative estimate of drug-likeness (QED) is 0.891. The van der Waals surface area contributed by atoms with Crippen LogP contribution in [0.15, 0.2) is 18.2 Å². The smallest absolute Gasteiger partial charge is 0.317 e. The second kappa shape index (κ2) is 7.06. The molecule has 0 aromatic heterocycles. The average molecular weight is 365 g/mol. The first kappa shape index (κ1) is 17.4. The molecule has 122 valence electrons. The number of carbonyl (C=O) groups is 1. The van der Waals surface area contributed by atoms with Gasteiger partial charge >= 0.3 is 6.03 Å². The molecule has 1 unspecified atom stereocenters. The molecule has 0 bridgehead atoms. The van der Waals surface area contributed by atoms with Crippen LogP contribution in [0.25, 0.3) is 0 Å². The summed E-state index contributed by atoms with van der Waals surface area (Å²) in [5, 5.41) is 3.91. The molecular formula is C14H18Cl2N2O3S. The van der Waals surface area contributed by atoms with Crippen LogP contribution in [0.2, 0.25) is 10.0 Å². The number of rotatable bonds is 4. The minimum atomic E-state index is -3.00. The van der Waals surface area contributed by atoms with E-state index in [1.165, 1.54) is 4.90 Å². The minimum absolute atomic E-state index is 0.0416. The van der Waals surface area contributed by atoms with E-state index in [-0.39, 0.29) is 23.6 Å². The molecule has 8 heteroatoms. The molecule has 0 radical (unpaired) electrons. The summed E-state index contributed by atoms with van der Waals surface area (Å²) >= 11 is 11.9. The van der Waals surface area contributed by atoms with Crippen LogP contribution in [0.4, 0.5) is 4.79 Å². The molecule has 1 fully saturated rings. The number of hydrogen-bond donors (Lipinski definition) is 1. The summed E-state index contributed by atoms with van der Waals surface area (Å²) in [7, 11) is -1.38. The van der Waals surface area contributed by atoms with E-state index < -0.39 is 9.84 Å². The van der Waals surface area contributed by atoms with Crippen molar-refractivity contribution >= 4 is 39.1 Å². The van der Waals surface area contributed by atoms with Gasteiger partial charge in [-0.2, -0.15) is 0 Å². The molecule has 2 amide bonds. The Bertz CT molecular complexity index is 664. The number of nitrogens with zero attached hydrogens (tertiary/aromatic N) is 1. The van der Waals surface area contributed by atoms with Crippen molar-refractivity contribution < 1.29 is 13.2 Å². The number of hydrogen-bond acceptors (Lipinski definition) is 3. The normalized spacial score (nSPS) is 19.9. The zero-order valence-electron chi connectivity index (χ0n) is 12.2. The fourth-order valence-corrected chi connectivity index (χ4v) is 4.68. The van der Waals surface area contributed by atoms with Crippen molar-refractivity contribution in [2.45, 2.75) is 18.9 Å². The maximum atomic E-state index is 12.0. The third kappa shape index (κ3) is 4.51. The maximum absolute atomic E-state index is 12.0. The van der Waals surface area contributed by atoms with E-state index in [9.17, 15) is 13.2 Å². The number of carbonyl (C=O) groups excluding carboxylic acids is 1. The van der Waals surface area contributed by atoms with Crippen molar-refractivity contribution in [3.05, 3.63) is 33.8 Å². The van der Waals surface area contributed by atoms with Gasteiger partial charge in [0.1, 0.15) is 0 Å². The summed E-state index contributed by atoms with van der Waals surface area (Å²) in [5.74, 6) is 0.190. The molecule has 0 spiro atoms. The van der Waals surface area contributed by atoms with Gasteiger partial charge in [0.25, 0.3) is 0 Å². The first-order valence-corrected chi connectivity index (χ1v) is 9.51. The number of nitrogens with one attached hydrogen (secondary N) is 1. The SMILES string of the molecule is CN(C(=O)NCCc1ccc(Cl)cc1Cl)C1CCS(=O)(=O)C1. The van der Waals surface area contributed by atoms with Crippen molar-refractivity contribution in [1.29, 1.82) is 0 Å². The Labute approximate surface area is 140 Å². The predicted octanol–water partition coefficient (Wildman–Crippen LogP) is 2.36. The lowest BCUT2D eigenvalue weighted by Gasteiger charge is -2.23. The Morgan fingerprint density at radius 2 is 2.14 bits per heavy atom. The molecule has 1 aromatic rings. The minimum Gasteiger partial charge on any atom is -0.338 e. The number of sulfone groups is 1. The van der Waals surface area contributed by atoms with Crippen LogP contribution in [0.5, 0.6) is 0 Å². The lowest BCUT2D eigenvalue weighted by molar-refractivity contribution is 0.195. The highest BCUT2D eigenvalue weighted by atomic mass is 35.5. The molecule has 1 aromatic carbocycles. The molecule has 1 aliphatic rings. The standard InChI is InChI=1S/C14H18Cl2N2O3S/c1-18(12-5-7-22(20,21)9-12)14(19)17-6-4-10-2-3-11(15)8-13(10)16/h2-3,8,12H,4-7,9H2,1H3,(H,17,19). The number of halogens is 2. The summed E-state index contributed by atoms with van der Waals surface area (Å²) < 4.78 is 22.9. The summed E-state index contributed by atoms with van der Waals surface area (Å²) in [5.41, 5.74) is 0.900. The summed E-state index contributed by atoms with van der Waals surface area (Å²) in [6.45, 7) is 0.421. The maximum Gasteiger partial charge on any atom is 0.317 e. The molecule has 1 saturated heterocycles. The zero-order chi connectivity index (χ0) is 16.3. The van der Waals surface area contributed by atoms with Crippen molar-refractivity contribution in [1.82, 2.24) is 10.2 Å². The van der Waals surface area contributed by atoms with Gasteiger partial charge in [0.2, 0.25) is 0 Å². The predicted molar refractivity (Wildman–Crippen MR) is 88.4 cm³/mol. The number of amides is 2. The second-order valence-corrected chi connectivity index (χ2v) is 8.46. The molecule has 1 aliphatic heterocycles. The molecule has 22 heavy (non-hydrogen) atoms. The van der Waals surface area contributed by atoms with Gasteiger partial charge in [-0.15, -0.1) is 0 Å². The van der Waals surface area contributed by atoms with E-state index in [1.54, 1.807) is 19.2 Å². The van der Waals surface area contributed by atoms with Gasteiger partial charge in [0.15, 0.2) is 9.84 Å². The van der Waals surface area contributed by atoms with Crippen molar-refractivity contribution in [2.24, 2.45) is 0 Å². The van der Waals surface area contributed by atoms with Crippen LogP contribution in [-0.2, 0) is 16.3 Å². The molecule has 1 N–H and O–H groups in total. The van der Waals surface area contributed by atoms with Crippen LogP contribution in [0, 0.1) is 0 Å². The fourth-order valence-electron chi connectivity index (χ4n) is 2.40. The van der Waals surface area contributed by atoms with Gasteiger partial charge in [-0.05, 0) is 30.5 Å². The molecule has 0 aliphatic carbocycles. The first-order valence-electron chi connectivity index (χ1n) is 6.93. The van der Waals surface area contributed by atoms with E-state index in [0.29, 0.717) is 29.4 Å². The van der Waals surface area contributed by atoms with Crippen LogP contribution in [0.1, 0.15) is 12.0 Å². The molecule has 1 heterocycles. The Morgan fingerprint density at radius 3 is 2.73 bits per heavy atom. The van der Waals surface area contributed by atoms with E-state index in [0.717, 1.165) is 5.56 Å². The van der Waals surface area contributed by atoms with Gasteiger partial charge in [-0.3, -0.25) is 0 Å². The molecular weight excluding hydrogens is 347 g/mol. The highest BCUT2D eigenvalue weighted by Gasteiger charge is 2.32. The number of urea groups is 1. The Hall–Kier alpha value is -0.980. The van der Waals surface area contributed by atoms with Gasteiger partial charge in [-0.1, -0.05) is 29.3 Å². The third-order valence-electron chi connectivity index (χ3n) is 3.76. The topological polar surface area (TPSA) is 66.5 Å². The molecule has 0 saturated carbocycles. The van der Waals surface area contributed by atoms with E-state index in [4.69, 9.17) is 23.2 Å². The van der Waals surface area contributed by atoms with Gasteiger partial charge in [-0.25, -0.2) is 13.2 Å². The second-order valence-electron chi connectivity index (χ2n) is 5.39. The summed E-state index contributed by atoms with van der Waals surface area (Å²) in [6.07, 6.45) is 1.08. The van der Waals surface area contributed by atoms with Crippen LogP contribution >= 0.6 is 23.2 Å². The Kier molecular flexibility index (Phi) is 5.58. The van der Waals surface area contributed by atoms with Gasteiger partial charge in [0.05, 0.1) is 11.5 Å². The third-order valence-corrected chi connectivity index (χ3v) is 6.10. The van der Waals surface area contributed by atoms with E-state index in [1.807, 2.05) is 6.07 Å². The van der Waals surface area contributed by atoms with Gasteiger partial charge < -0.3 is 10.2 Å². The van der Waals surface area contributed by atoms with E-state index in [2.05, 4.69) is 5.32 Å². The fraction of sp³-hybridized carbons (Fsp3) is 0.500. The van der Waals surface area contributed by atoms with Crippen molar-refractivity contribution in [3.63, 3.8) is 0 Å². The largest absolute Gasteiger partial charge is 0.338 e. The highest BCUT2D eigenvalue weighted by Crippen LogP contribution is 2.21. The monoisotopic (exact) mass is 364 g/mol. The summed E-state index contributed by atoms with van der Waals surface area (Å²) in [6, 6.07) is 4.72. The lowest BCUT2D eigenvalue weighted by atomic mass is 10.1. The first-order chi connectivity index (χ1) is 10.3. The number of benzene rings is 1. The molecule has 5 nitrogen and oxygen atoms in total. The summed E-state index contributed by atoms with van der Waals surface area (Å²) in [4.78, 5) is 13.5. The average Bonchev–Trinajstić information content (AvgIpc) is 2.80. The molecule has 1 atom stereocenters. The van der Waals surface area contributed by atoms with Crippen molar-refractivity contribution in [3.8, 4) is 0 Å². The zero-order valence-corrected chi connectivity index (χ0v) is 14.5. The Morgan fingerprint density at radius 1 is 1.41 bits per heavy atom. The van der Waals surface area contributed by atoms with E-state index >= 15 is 0 Å². The highest BCUT2D eigenvalue weighted by molar-refractivity contribution is 7.91. The lowest BCUT2D eigenvalue weighted by Crippen LogP contribution is -2.44. The molecule has 2 rings (SSSR count). The Balaban J connectivity index is 1.82. The van der Waals surface area contributed by atoms with Crippen LogP contribution < -0.4 is 5.32 Å².